The first-order valence-corrected chi connectivity index (χ1v) is 45.5. The summed E-state index contributed by atoms with van der Waals surface area (Å²) in [5.74, 6) is -0.543. The molecule has 5 atom stereocenters. The van der Waals surface area contributed by atoms with Crippen LogP contribution in [-0.4, -0.2) is 96.7 Å². The SMILES string of the molecule is CCCCCCCCCCCCCCCCCCCCCCC(=O)O[C@H](COC(=O)CCCCCCCCCCCCCCCCC(C)C)COP(=O)(O)OC[C@@H](O)COP(=O)(O)OC[C@@H](COC(=O)CCCCCCCCCCCC)OC(=O)CCCCCCCCCCCCCC(C)C. The number of esters is 4. The van der Waals surface area contributed by atoms with E-state index in [1.807, 2.05) is 0 Å². The van der Waals surface area contributed by atoms with Crippen LogP contribution in [-0.2, 0) is 65.4 Å². The Morgan fingerprint density at radius 2 is 0.455 bits per heavy atom. The van der Waals surface area contributed by atoms with Crippen molar-refractivity contribution in [1.29, 1.82) is 0 Å². The molecule has 0 rings (SSSR count). The summed E-state index contributed by atoms with van der Waals surface area (Å²) in [5, 5.41) is 10.6. The molecule has 0 spiro atoms. The van der Waals surface area contributed by atoms with Gasteiger partial charge in [-0.25, -0.2) is 9.13 Å². The van der Waals surface area contributed by atoms with Gasteiger partial charge in [0.05, 0.1) is 26.4 Å². The monoisotopic (exact) mass is 1480 g/mol. The molecule has 0 aliphatic carbocycles. The number of aliphatic hydroxyl groups excluding tert-OH is 1. The molecule has 600 valence electrons. The molecule has 2 unspecified atom stereocenters. The van der Waals surface area contributed by atoms with E-state index in [-0.39, 0.29) is 25.7 Å². The Morgan fingerprint density at radius 1 is 0.267 bits per heavy atom. The molecule has 0 aromatic carbocycles. The van der Waals surface area contributed by atoms with Crippen molar-refractivity contribution in [2.45, 2.75) is 452 Å². The topological polar surface area (TPSA) is 237 Å². The molecule has 101 heavy (non-hydrogen) atoms. The maximum absolute atomic E-state index is 13.1. The van der Waals surface area contributed by atoms with Gasteiger partial charge < -0.3 is 33.8 Å². The van der Waals surface area contributed by atoms with E-state index in [4.69, 9.17) is 37.0 Å². The first-order valence-electron chi connectivity index (χ1n) is 42.5. The van der Waals surface area contributed by atoms with Crippen LogP contribution in [0.4, 0.5) is 0 Å². The molecule has 0 aliphatic rings. The number of carbonyl (C=O) groups is 4. The Bertz CT molecular complexity index is 1940. The number of unbranched alkanes of at least 4 members (excludes halogenated alkanes) is 51. The smallest absolute Gasteiger partial charge is 0.462 e. The number of hydrogen-bond donors (Lipinski definition) is 3. The average Bonchev–Trinajstić information content (AvgIpc) is 0.966. The van der Waals surface area contributed by atoms with Crippen LogP contribution in [0.3, 0.4) is 0 Å². The van der Waals surface area contributed by atoms with E-state index >= 15 is 0 Å². The second kappa shape index (κ2) is 73.6. The van der Waals surface area contributed by atoms with Crippen molar-refractivity contribution in [3.05, 3.63) is 0 Å². The van der Waals surface area contributed by atoms with E-state index in [2.05, 4.69) is 41.5 Å². The van der Waals surface area contributed by atoms with Gasteiger partial charge in [0.1, 0.15) is 19.3 Å². The third-order valence-corrected chi connectivity index (χ3v) is 21.1. The van der Waals surface area contributed by atoms with Gasteiger partial charge in [-0.2, -0.15) is 0 Å². The van der Waals surface area contributed by atoms with Crippen molar-refractivity contribution in [3.8, 4) is 0 Å². The number of ether oxygens (including phenoxy) is 4. The lowest BCUT2D eigenvalue weighted by atomic mass is 10.0. The minimum absolute atomic E-state index is 0.107. The Kier molecular flexibility index (Phi) is 72.2. The van der Waals surface area contributed by atoms with Gasteiger partial charge in [0.25, 0.3) is 0 Å². The Labute approximate surface area is 619 Å². The molecule has 0 aromatic rings. The zero-order valence-electron chi connectivity index (χ0n) is 66.2. The van der Waals surface area contributed by atoms with Crippen LogP contribution in [0.25, 0.3) is 0 Å². The zero-order valence-corrected chi connectivity index (χ0v) is 68.0. The lowest BCUT2D eigenvalue weighted by Crippen LogP contribution is -2.30. The largest absolute Gasteiger partial charge is 0.472 e. The molecule has 0 fully saturated rings. The highest BCUT2D eigenvalue weighted by molar-refractivity contribution is 7.47. The molecular formula is C82H160O17P2. The second-order valence-electron chi connectivity index (χ2n) is 30.5. The molecule has 0 aromatic heterocycles. The number of aliphatic hydroxyl groups is 1. The van der Waals surface area contributed by atoms with Crippen LogP contribution in [0, 0.1) is 11.8 Å². The van der Waals surface area contributed by atoms with Crippen molar-refractivity contribution in [3.63, 3.8) is 0 Å². The molecule has 0 radical (unpaired) electrons. The summed E-state index contributed by atoms with van der Waals surface area (Å²) in [6.07, 6.45) is 63.8. The van der Waals surface area contributed by atoms with E-state index in [1.165, 1.54) is 250 Å². The predicted octanol–water partition coefficient (Wildman–Crippen LogP) is 24.7. The van der Waals surface area contributed by atoms with Gasteiger partial charge in [-0.15, -0.1) is 0 Å². The molecule has 0 aliphatic heterocycles. The van der Waals surface area contributed by atoms with Crippen molar-refractivity contribution in [2.75, 3.05) is 39.6 Å². The Balaban J connectivity index is 5.23. The van der Waals surface area contributed by atoms with Gasteiger partial charge in [0.2, 0.25) is 0 Å². The maximum atomic E-state index is 13.1. The van der Waals surface area contributed by atoms with Crippen LogP contribution in [0.1, 0.15) is 433 Å². The molecule has 0 amide bonds. The van der Waals surface area contributed by atoms with E-state index in [9.17, 15) is 43.2 Å². The fraction of sp³-hybridized carbons (Fsp3) is 0.951. The molecule has 3 N–H and O–H groups in total. The molecule has 0 saturated carbocycles. The number of phosphoric ester groups is 2. The van der Waals surface area contributed by atoms with Crippen molar-refractivity contribution in [2.24, 2.45) is 11.8 Å². The van der Waals surface area contributed by atoms with Crippen LogP contribution >= 0.6 is 15.6 Å². The highest BCUT2D eigenvalue weighted by atomic mass is 31.2. The minimum atomic E-state index is -4.96. The first kappa shape index (κ1) is 99.1. The van der Waals surface area contributed by atoms with Crippen molar-refractivity contribution in [1.82, 2.24) is 0 Å². The fourth-order valence-corrected chi connectivity index (χ4v) is 14.3. The van der Waals surface area contributed by atoms with E-state index in [0.29, 0.717) is 25.7 Å². The summed E-state index contributed by atoms with van der Waals surface area (Å²) in [7, 11) is -9.92. The summed E-state index contributed by atoms with van der Waals surface area (Å²) in [6, 6.07) is 0. The maximum Gasteiger partial charge on any atom is 0.472 e. The van der Waals surface area contributed by atoms with Gasteiger partial charge in [-0.1, -0.05) is 382 Å². The number of carbonyl (C=O) groups excluding carboxylic acids is 4. The molecule has 17 nitrogen and oxygen atoms in total. The van der Waals surface area contributed by atoms with Gasteiger partial charge in [-0.3, -0.25) is 37.3 Å². The van der Waals surface area contributed by atoms with Crippen molar-refractivity contribution < 1.29 is 80.2 Å². The zero-order chi connectivity index (χ0) is 74.2. The van der Waals surface area contributed by atoms with E-state index < -0.39 is 97.5 Å². The van der Waals surface area contributed by atoms with Crippen molar-refractivity contribution >= 4 is 39.5 Å². The van der Waals surface area contributed by atoms with Crippen LogP contribution in [0.2, 0.25) is 0 Å². The highest BCUT2D eigenvalue weighted by Gasteiger charge is 2.30. The molecular weight excluding hydrogens is 1320 g/mol. The van der Waals surface area contributed by atoms with Gasteiger partial charge in [0.15, 0.2) is 12.2 Å². The summed E-state index contributed by atoms with van der Waals surface area (Å²) in [4.78, 5) is 73.0. The Hall–Kier alpha value is -1.94. The third kappa shape index (κ3) is 76.1. The molecule has 0 heterocycles. The molecule has 0 bridgehead atoms. The minimum Gasteiger partial charge on any atom is -0.462 e. The predicted molar refractivity (Wildman–Crippen MR) is 414 cm³/mol. The third-order valence-electron chi connectivity index (χ3n) is 19.2. The lowest BCUT2D eigenvalue weighted by molar-refractivity contribution is -0.161. The molecule has 0 saturated heterocycles. The summed E-state index contributed by atoms with van der Waals surface area (Å²) in [5.41, 5.74) is 0. The van der Waals surface area contributed by atoms with E-state index in [0.717, 1.165) is 102 Å². The summed E-state index contributed by atoms with van der Waals surface area (Å²) >= 11 is 0. The fourth-order valence-electron chi connectivity index (χ4n) is 12.7. The average molecular weight is 1480 g/mol. The number of hydrogen-bond acceptors (Lipinski definition) is 15. The normalized spacial score (nSPS) is 13.9. The Morgan fingerprint density at radius 3 is 0.673 bits per heavy atom. The van der Waals surface area contributed by atoms with Gasteiger partial charge in [-0.05, 0) is 37.5 Å². The lowest BCUT2D eigenvalue weighted by Gasteiger charge is -2.21. The standard InChI is InChI=1S/C82H160O17P2/c1-7-9-11-13-15-17-19-20-21-22-23-24-25-26-31-36-42-48-54-60-66-81(86)98-78(71-93-80(85)65-59-53-47-41-35-30-28-27-29-33-38-44-50-56-62-74(3)4)73-97-101(90,91)95-69-76(83)68-94-100(88,89)96-72-77(70-92-79(84)64-58-52-46-40-18-16-14-12-10-8-2)99-82(87)67-61-55-49-43-37-32-34-39-45-51-57-63-75(5)6/h74-78,83H,7-73H2,1-6H3,(H,88,89)(H,90,91)/t76-,77+,78+/m0/s1. The summed E-state index contributed by atoms with van der Waals surface area (Å²) in [6.45, 7) is 9.66. The van der Waals surface area contributed by atoms with Gasteiger partial charge >= 0.3 is 39.5 Å². The van der Waals surface area contributed by atoms with Gasteiger partial charge in [0, 0.05) is 25.7 Å². The number of phosphoric acid groups is 2. The molecule has 19 heteroatoms. The summed E-state index contributed by atoms with van der Waals surface area (Å²) < 4.78 is 68.7. The van der Waals surface area contributed by atoms with E-state index in [1.54, 1.807) is 0 Å². The van der Waals surface area contributed by atoms with Crippen LogP contribution in [0.5, 0.6) is 0 Å². The first-order chi connectivity index (χ1) is 48.9. The quantitative estimate of drug-likeness (QED) is 0.0222. The van der Waals surface area contributed by atoms with Crippen LogP contribution < -0.4 is 0 Å². The second-order valence-corrected chi connectivity index (χ2v) is 33.4. The van der Waals surface area contributed by atoms with Crippen LogP contribution in [0.15, 0.2) is 0 Å². The number of rotatable bonds is 81. The highest BCUT2D eigenvalue weighted by Crippen LogP contribution is 2.45.